The number of carbonyl (C=O) groups excluding carboxylic acids is 2. The average molecular weight is 481 g/mol. The van der Waals surface area contributed by atoms with Gasteiger partial charge < -0.3 is 14.8 Å². The van der Waals surface area contributed by atoms with Crippen LogP contribution in [0.1, 0.15) is 48.8 Å². The second-order valence-corrected chi connectivity index (χ2v) is 9.68. The molecule has 0 radical (unpaired) electrons. The summed E-state index contributed by atoms with van der Waals surface area (Å²) in [6.07, 6.45) is 4.28. The normalized spacial score (nSPS) is 21.5. The molecule has 1 atom stereocenters. The third kappa shape index (κ3) is 3.55. The first kappa shape index (κ1) is 20.2. The molecule has 1 saturated carbocycles. The summed E-state index contributed by atoms with van der Waals surface area (Å²) in [5, 5.41) is 3.23. The van der Waals surface area contributed by atoms with Gasteiger partial charge in [0.2, 0.25) is 5.91 Å². The quantitative estimate of drug-likeness (QED) is 0.605. The lowest BCUT2D eigenvalue weighted by molar-refractivity contribution is -0.133. The molecular formula is C24H25BrN4O2. The molecule has 5 rings (SSSR count). The van der Waals surface area contributed by atoms with E-state index in [0.717, 1.165) is 46.8 Å². The van der Waals surface area contributed by atoms with E-state index in [1.165, 1.54) is 0 Å². The van der Waals surface area contributed by atoms with Crippen molar-refractivity contribution in [1.29, 1.82) is 0 Å². The zero-order valence-electron chi connectivity index (χ0n) is 17.5. The number of halogens is 1. The summed E-state index contributed by atoms with van der Waals surface area (Å²) >= 11 is 3.51. The van der Waals surface area contributed by atoms with Crippen molar-refractivity contribution >= 4 is 38.8 Å². The predicted octanol–water partition coefficient (Wildman–Crippen LogP) is 4.27. The van der Waals surface area contributed by atoms with Crippen LogP contribution in [0.15, 0.2) is 53.0 Å². The summed E-state index contributed by atoms with van der Waals surface area (Å²) < 4.78 is 2.85. The second kappa shape index (κ2) is 7.79. The molecular weight excluding hydrogens is 456 g/mol. The van der Waals surface area contributed by atoms with Crippen LogP contribution >= 0.6 is 15.9 Å². The molecule has 2 heterocycles. The number of nitrogens with one attached hydrogen (secondary N) is 1. The molecule has 0 saturated heterocycles. The lowest BCUT2D eigenvalue weighted by Gasteiger charge is -2.44. The van der Waals surface area contributed by atoms with E-state index in [2.05, 4.69) is 26.2 Å². The van der Waals surface area contributed by atoms with Crippen LogP contribution < -0.4 is 5.32 Å². The Kier molecular flexibility index (Phi) is 5.08. The fourth-order valence-corrected chi connectivity index (χ4v) is 5.25. The molecule has 1 aromatic heterocycles. The molecule has 6 nitrogen and oxygen atoms in total. The molecule has 7 heteroatoms. The minimum absolute atomic E-state index is 0.0915. The van der Waals surface area contributed by atoms with Crippen molar-refractivity contribution in [3.8, 4) is 0 Å². The number of nitrogens with zero attached hydrogens (tertiary/aromatic N) is 3. The van der Waals surface area contributed by atoms with Gasteiger partial charge in [-0.1, -0.05) is 53.0 Å². The lowest BCUT2D eigenvalue weighted by atomic mass is 9.93. The lowest BCUT2D eigenvalue weighted by Crippen LogP contribution is -2.64. The number of para-hydroxylation sites is 2. The van der Waals surface area contributed by atoms with E-state index < -0.39 is 5.54 Å². The van der Waals surface area contributed by atoms with Crippen molar-refractivity contribution in [2.24, 2.45) is 0 Å². The van der Waals surface area contributed by atoms with Crippen LogP contribution in [-0.4, -0.2) is 37.8 Å². The number of hydrogen-bond acceptors (Lipinski definition) is 3. The Morgan fingerprint density at radius 3 is 2.74 bits per heavy atom. The highest BCUT2D eigenvalue weighted by Crippen LogP contribution is 2.33. The largest absolute Gasteiger partial charge is 0.351 e. The maximum absolute atomic E-state index is 13.7. The molecule has 2 amide bonds. The van der Waals surface area contributed by atoms with Crippen molar-refractivity contribution < 1.29 is 9.59 Å². The molecule has 1 fully saturated rings. The topological polar surface area (TPSA) is 67.2 Å². The summed E-state index contributed by atoms with van der Waals surface area (Å²) in [4.78, 5) is 33.6. The van der Waals surface area contributed by atoms with Gasteiger partial charge in [0.25, 0.3) is 5.91 Å². The van der Waals surface area contributed by atoms with Gasteiger partial charge in [0.1, 0.15) is 5.54 Å². The maximum atomic E-state index is 13.7. The minimum Gasteiger partial charge on any atom is -0.351 e. The smallest absolute Gasteiger partial charge is 0.291 e. The monoisotopic (exact) mass is 480 g/mol. The summed E-state index contributed by atoms with van der Waals surface area (Å²) in [5.41, 5.74) is 1.60. The second-order valence-electron chi connectivity index (χ2n) is 8.76. The molecule has 0 bridgehead atoms. The number of imidazole rings is 1. The summed E-state index contributed by atoms with van der Waals surface area (Å²) in [6.45, 7) is 2.60. The van der Waals surface area contributed by atoms with E-state index in [9.17, 15) is 9.59 Å². The van der Waals surface area contributed by atoms with E-state index in [1.807, 2.05) is 60.0 Å². The number of carbonyl (C=O) groups is 2. The molecule has 160 valence electrons. The predicted molar refractivity (Wildman–Crippen MR) is 123 cm³/mol. The zero-order valence-corrected chi connectivity index (χ0v) is 19.1. The van der Waals surface area contributed by atoms with Gasteiger partial charge in [-0.05, 0) is 49.6 Å². The Hall–Kier alpha value is -2.67. The Morgan fingerprint density at radius 1 is 1.19 bits per heavy atom. The van der Waals surface area contributed by atoms with E-state index >= 15 is 0 Å². The van der Waals surface area contributed by atoms with Crippen LogP contribution in [0.2, 0.25) is 0 Å². The number of amides is 2. The number of aromatic nitrogens is 2. The van der Waals surface area contributed by atoms with E-state index in [-0.39, 0.29) is 17.9 Å². The van der Waals surface area contributed by atoms with Crippen molar-refractivity contribution in [3.63, 3.8) is 0 Å². The average Bonchev–Trinajstić information content (AvgIpc) is 3.39. The standard InChI is InChI=1S/C24H25BrN4O2/c1-24(23(31)26-18-9-2-3-10-18)15-28-20-12-5-4-11-19(20)27-21(28)22(30)29(24)14-16-7-6-8-17(25)13-16/h4-8,11-13,18H,2-3,9-10,14-15H2,1H3,(H,26,31)/t24-/m0/s1. The van der Waals surface area contributed by atoms with Gasteiger partial charge in [0.05, 0.1) is 17.6 Å². The molecule has 2 aromatic carbocycles. The third-order valence-corrected chi connectivity index (χ3v) is 7.06. The van der Waals surface area contributed by atoms with Crippen LogP contribution in [0, 0.1) is 0 Å². The minimum atomic E-state index is -1.02. The summed E-state index contributed by atoms with van der Waals surface area (Å²) in [6, 6.07) is 15.8. The maximum Gasteiger partial charge on any atom is 0.291 e. The number of benzene rings is 2. The molecule has 31 heavy (non-hydrogen) atoms. The van der Waals surface area contributed by atoms with Crippen LogP contribution in [0.3, 0.4) is 0 Å². The van der Waals surface area contributed by atoms with Crippen LogP contribution in [0.4, 0.5) is 0 Å². The molecule has 0 spiro atoms. The van der Waals surface area contributed by atoms with Crippen LogP contribution in [0.5, 0.6) is 0 Å². The van der Waals surface area contributed by atoms with Gasteiger partial charge in [-0.25, -0.2) is 4.98 Å². The first-order valence-corrected chi connectivity index (χ1v) is 11.6. The van der Waals surface area contributed by atoms with Gasteiger partial charge in [-0.3, -0.25) is 9.59 Å². The zero-order chi connectivity index (χ0) is 21.6. The molecule has 2 aliphatic rings. The Bertz CT molecular complexity index is 1170. The van der Waals surface area contributed by atoms with Gasteiger partial charge in [-0.15, -0.1) is 0 Å². The van der Waals surface area contributed by atoms with E-state index in [1.54, 1.807) is 4.90 Å². The van der Waals surface area contributed by atoms with Gasteiger partial charge in [0.15, 0.2) is 5.82 Å². The van der Waals surface area contributed by atoms with Crippen molar-refractivity contribution in [2.75, 3.05) is 0 Å². The van der Waals surface area contributed by atoms with Crippen LogP contribution in [-0.2, 0) is 17.9 Å². The highest BCUT2D eigenvalue weighted by Gasteiger charge is 2.48. The summed E-state index contributed by atoms with van der Waals surface area (Å²) in [7, 11) is 0. The third-order valence-electron chi connectivity index (χ3n) is 6.56. The van der Waals surface area contributed by atoms with E-state index in [4.69, 9.17) is 0 Å². The Balaban J connectivity index is 1.57. The molecule has 3 aromatic rings. The van der Waals surface area contributed by atoms with E-state index in [0.29, 0.717) is 18.9 Å². The first-order chi connectivity index (χ1) is 15.0. The van der Waals surface area contributed by atoms with Gasteiger partial charge >= 0.3 is 0 Å². The molecule has 1 N–H and O–H groups in total. The molecule has 0 unspecified atom stereocenters. The number of rotatable bonds is 4. The van der Waals surface area contributed by atoms with Crippen molar-refractivity contribution in [3.05, 3.63) is 64.4 Å². The number of fused-ring (bicyclic) bond motifs is 3. The number of hydrogen-bond donors (Lipinski definition) is 1. The Labute approximate surface area is 189 Å². The van der Waals surface area contributed by atoms with Gasteiger partial charge in [0, 0.05) is 17.1 Å². The van der Waals surface area contributed by atoms with Crippen molar-refractivity contribution in [2.45, 2.75) is 57.3 Å². The summed E-state index contributed by atoms with van der Waals surface area (Å²) in [5.74, 6) is 0.0833. The SMILES string of the molecule is C[C@@]1(C(=O)NC2CCCC2)Cn2c(nc3ccccc32)C(=O)N1Cc1cccc(Br)c1. The first-order valence-electron chi connectivity index (χ1n) is 10.8. The van der Waals surface area contributed by atoms with Crippen molar-refractivity contribution in [1.82, 2.24) is 19.8 Å². The van der Waals surface area contributed by atoms with Gasteiger partial charge in [-0.2, -0.15) is 0 Å². The Morgan fingerprint density at radius 2 is 1.97 bits per heavy atom. The highest BCUT2D eigenvalue weighted by molar-refractivity contribution is 9.10. The fourth-order valence-electron chi connectivity index (χ4n) is 4.81. The molecule has 1 aliphatic heterocycles. The van der Waals surface area contributed by atoms with Crippen LogP contribution in [0.25, 0.3) is 11.0 Å². The highest BCUT2D eigenvalue weighted by atomic mass is 79.9. The fraction of sp³-hybridized carbons (Fsp3) is 0.375. The molecule has 1 aliphatic carbocycles.